The fraction of sp³-hybridized carbons (Fsp3) is 0.714. The van der Waals surface area contributed by atoms with Gasteiger partial charge in [-0.2, -0.15) is 0 Å². The second kappa shape index (κ2) is 7.02. The summed E-state index contributed by atoms with van der Waals surface area (Å²) in [5.74, 6) is 0. The molecule has 1 saturated carbocycles. The third kappa shape index (κ3) is 4.55. The summed E-state index contributed by atoms with van der Waals surface area (Å²) in [7, 11) is -3.32. The van der Waals surface area contributed by atoms with Gasteiger partial charge in [0.25, 0.3) is 0 Å². The molecule has 0 atom stereocenters. The maximum absolute atomic E-state index is 12.2. The number of rotatable bonds is 9. The topological polar surface area (TPSA) is 58.2 Å². The molecular weight excluding hydrogens is 292 g/mol. The van der Waals surface area contributed by atoms with Crippen molar-refractivity contribution in [2.75, 3.05) is 6.54 Å². The zero-order valence-electron chi connectivity index (χ0n) is 12.2. The fourth-order valence-corrected chi connectivity index (χ4v) is 4.63. The summed E-state index contributed by atoms with van der Waals surface area (Å²) in [5, 5.41) is 3.43. The van der Waals surface area contributed by atoms with Gasteiger partial charge in [-0.15, -0.1) is 11.3 Å². The van der Waals surface area contributed by atoms with Crippen molar-refractivity contribution in [1.82, 2.24) is 10.0 Å². The number of hydrogen-bond acceptors (Lipinski definition) is 4. The predicted octanol–water partition coefficient (Wildman–Crippen LogP) is 2.78. The summed E-state index contributed by atoms with van der Waals surface area (Å²) >= 11 is 1.39. The van der Waals surface area contributed by atoms with Gasteiger partial charge >= 0.3 is 0 Å². The van der Waals surface area contributed by atoms with Gasteiger partial charge in [-0.25, -0.2) is 13.1 Å². The van der Waals surface area contributed by atoms with Crippen LogP contribution in [0.1, 0.15) is 49.5 Å². The first-order valence-electron chi connectivity index (χ1n) is 7.35. The SMILES string of the molecule is CCCCCNS(=O)(=O)c1cc(C)c(CNC2CC2)s1. The van der Waals surface area contributed by atoms with Gasteiger partial charge in [-0.1, -0.05) is 19.8 Å². The van der Waals surface area contributed by atoms with Gasteiger partial charge in [0.2, 0.25) is 10.0 Å². The van der Waals surface area contributed by atoms with Gasteiger partial charge in [0.1, 0.15) is 4.21 Å². The molecule has 0 aliphatic heterocycles. The molecule has 0 bridgehead atoms. The molecule has 0 amide bonds. The van der Waals surface area contributed by atoms with E-state index in [0.717, 1.165) is 36.2 Å². The minimum absolute atomic E-state index is 0.444. The molecule has 1 fully saturated rings. The van der Waals surface area contributed by atoms with E-state index in [9.17, 15) is 8.42 Å². The number of thiophene rings is 1. The summed E-state index contributed by atoms with van der Waals surface area (Å²) in [6.45, 7) is 5.40. The lowest BCUT2D eigenvalue weighted by molar-refractivity contribution is 0.578. The number of unbranched alkanes of at least 4 members (excludes halogenated alkanes) is 2. The lowest BCUT2D eigenvalue weighted by atomic mass is 10.3. The standard InChI is InChI=1S/C14H24N2O2S2/c1-3-4-5-8-16-20(17,18)14-9-11(2)13(19-14)10-15-12-6-7-12/h9,12,15-16H,3-8,10H2,1-2H3. The van der Waals surface area contributed by atoms with Crippen LogP contribution in [-0.2, 0) is 16.6 Å². The van der Waals surface area contributed by atoms with E-state index in [-0.39, 0.29) is 0 Å². The molecule has 0 radical (unpaired) electrons. The van der Waals surface area contributed by atoms with Crippen LogP contribution in [0.15, 0.2) is 10.3 Å². The van der Waals surface area contributed by atoms with Gasteiger partial charge in [0.15, 0.2) is 0 Å². The van der Waals surface area contributed by atoms with Crippen molar-refractivity contribution in [3.05, 3.63) is 16.5 Å². The van der Waals surface area contributed by atoms with Crippen molar-refractivity contribution in [3.8, 4) is 0 Å². The smallest absolute Gasteiger partial charge is 0.250 e. The van der Waals surface area contributed by atoms with Gasteiger partial charge < -0.3 is 5.32 Å². The first kappa shape index (κ1) is 15.9. The Labute approximate surface area is 126 Å². The van der Waals surface area contributed by atoms with E-state index in [1.54, 1.807) is 6.07 Å². The molecule has 0 spiro atoms. The molecule has 1 heterocycles. The third-order valence-electron chi connectivity index (χ3n) is 3.46. The van der Waals surface area contributed by atoms with Crippen LogP contribution < -0.4 is 10.0 Å². The maximum Gasteiger partial charge on any atom is 0.250 e. The van der Waals surface area contributed by atoms with Crippen LogP contribution in [0.3, 0.4) is 0 Å². The Bertz CT molecular complexity index is 533. The summed E-state index contributed by atoms with van der Waals surface area (Å²) in [6, 6.07) is 2.43. The fourth-order valence-electron chi connectivity index (χ4n) is 1.97. The lowest BCUT2D eigenvalue weighted by Crippen LogP contribution is -2.23. The molecule has 1 aromatic heterocycles. The summed E-state index contributed by atoms with van der Waals surface area (Å²) < 4.78 is 27.5. The van der Waals surface area contributed by atoms with Crippen LogP contribution >= 0.6 is 11.3 Å². The molecule has 2 rings (SSSR count). The monoisotopic (exact) mass is 316 g/mol. The minimum atomic E-state index is -3.32. The largest absolute Gasteiger partial charge is 0.309 e. The first-order valence-corrected chi connectivity index (χ1v) is 9.65. The predicted molar refractivity (Wildman–Crippen MR) is 83.6 cm³/mol. The number of hydrogen-bond donors (Lipinski definition) is 2. The minimum Gasteiger partial charge on any atom is -0.309 e. The molecule has 114 valence electrons. The molecule has 1 aliphatic rings. The average Bonchev–Trinajstić information content (AvgIpc) is 3.15. The second-order valence-electron chi connectivity index (χ2n) is 5.43. The molecule has 0 saturated heterocycles. The van der Waals surface area contributed by atoms with Crippen LogP contribution in [-0.4, -0.2) is 21.0 Å². The lowest BCUT2D eigenvalue weighted by Gasteiger charge is -2.03. The summed E-state index contributed by atoms with van der Waals surface area (Å²) in [4.78, 5) is 1.13. The quantitative estimate of drug-likeness (QED) is 0.689. The highest BCUT2D eigenvalue weighted by atomic mass is 32.2. The first-order chi connectivity index (χ1) is 9.53. The van der Waals surface area contributed by atoms with Gasteiger partial charge in [0.05, 0.1) is 0 Å². The van der Waals surface area contributed by atoms with Crippen molar-refractivity contribution in [1.29, 1.82) is 0 Å². The molecule has 0 unspecified atom stereocenters. The Hall–Kier alpha value is -0.430. The Balaban J connectivity index is 1.94. The number of aryl methyl sites for hydroxylation is 1. The van der Waals surface area contributed by atoms with Crippen LogP contribution in [0.4, 0.5) is 0 Å². The van der Waals surface area contributed by atoms with E-state index in [2.05, 4.69) is 17.0 Å². The third-order valence-corrected chi connectivity index (χ3v) is 6.64. The highest BCUT2D eigenvalue weighted by molar-refractivity contribution is 7.91. The summed E-state index contributed by atoms with van der Waals surface area (Å²) in [6.07, 6.45) is 5.54. The normalized spacial score (nSPS) is 15.7. The van der Waals surface area contributed by atoms with Crippen molar-refractivity contribution in [3.63, 3.8) is 0 Å². The van der Waals surface area contributed by atoms with E-state index in [4.69, 9.17) is 0 Å². The van der Waals surface area contributed by atoms with E-state index < -0.39 is 10.0 Å². The zero-order chi connectivity index (χ0) is 14.6. The van der Waals surface area contributed by atoms with Crippen molar-refractivity contribution < 1.29 is 8.42 Å². The highest BCUT2D eigenvalue weighted by Gasteiger charge is 2.22. The van der Waals surface area contributed by atoms with Crippen molar-refractivity contribution >= 4 is 21.4 Å². The number of nitrogens with one attached hydrogen (secondary N) is 2. The Morgan fingerprint density at radius 2 is 2.10 bits per heavy atom. The molecule has 4 nitrogen and oxygen atoms in total. The molecule has 2 N–H and O–H groups in total. The van der Waals surface area contributed by atoms with Gasteiger partial charge in [0, 0.05) is 24.0 Å². The number of sulfonamides is 1. The van der Waals surface area contributed by atoms with E-state index in [1.807, 2.05) is 6.92 Å². The van der Waals surface area contributed by atoms with E-state index in [0.29, 0.717) is 16.8 Å². The summed E-state index contributed by atoms with van der Waals surface area (Å²) in [5.41, 5.74) is 1.07. The van der Waals surface area contributed by atoms with Gasteiger partial charge in [-0.05, 0) is 37.8 Å². The van der Waals surface area contributed by atoms with Crippen molar-refractivity contribution in [2.45, 2.75) is 62.7 Å². The molecule has 0 aromatic carbocycles. The Morgan fingerprint density at radius 1 is 1.35 bits per heavy atom. The molecule has 6 heteroatoms. The van der Waals surface area contributed by atoms with Crippen LogP contribution in [0.5, 0.6) is 0 Å². The highest BCUT2D eigenvalue weighted by Crippen LogP contribution is 2.27. The molecular formula is C14H24N2O2S2. The van der Waals surface area contributed by atoms with E-state index in [1.165, 1.54) is 24.2 Å². The van der Waals surface area contributed by atoms with Crippen LogP contribution in [0.2, 0.25) is 0 Å². The molecule has 1 aromatic rings. The molecule has 20 heavy (non-hydrogen) atoms. The Morgan fingerprint density at radius 3 is 2.75 bits per heavy atom. The maximum atomic E-state index is 12.2. The molecule has 1 aliphatic carbocycles. The van der Waals surface area contributed by atoms with Crippen LogP contribution in [0, 0.1) is 6.92 Å². The van der Waals surface area contributed by atoms with Crippen molar-refractivity contribution in [2.24, 2.45) is 0 Å². The van der Waals surface area contributed by atoms with Gasteiger partial charge in [-0.3, -0.25) is 0 Å². The average molecular weight is 316 g/mol. The van der Waals surface area contributed by atoms with Crippen LogP contribution in [0.25, 0.3) is 0 Å². The van der Waals surface area contributed by atoms with E-state index >= 15 is 0 Å². The Kier molecular flexibility index (Phi) is 5.60. The zero-order valence-corrected chi connectivity index (χ0v) is 13.9. The second-order valence-corrected chi connectivity index (χ2v) is 8.56.